The summed E-state index contributed by atoms with van der Waals surface area (Å²) >= 11 is 1.77. The van der Waals surface area contributed by atoms with Crippen molar-refractivity contribution in [2.75, 3.05) is 23.8 Å². The highest BCUT2D eigenvalue weighted by molar-refractivity contribution is 7.18. The molecule has 1 N–H and O–H groups in total. The Labute approximate surface area is 131 Å². The van der Waals surface area contributed by atoms with Crippen molar-refractivity contribution in [3.8, 4) is 0 Å². The smallest absolute Gasteiger partial charge is 0.226 e. The highest BCUT2D eigenvalue weighted by atomic mass is 32.1. The van der Waals surface area contributed by atoms with Gasteiger partial charge >= 0.3 is 0 Å². The summed E-state index contributed by atoms with van der Waals surface area (Å²) in [5.74, 6) is 1.75. The lowest BCUT2D eigenvalue weighted by Crippen LogP contribution is -2.41. The molecule has 0 radical (unpaired) electrons. The van der Waals surface area contributed by atoms with E-state index >= 15 is 0 Å². The zero-order valence-electron chi connectivity index (χ0n) is 13.9. The van der Waals surface area contributed by atoms with Crippen LogP contribution in [0.4, 0.5) is 11.8 Å². The number of aromatic nitrogens is 2. The number of nitrogens with one attached hydrogen (secondary N) is 1. The van der Waals surface area contributed by atoms with Crippen LogP contribution in [-0.2, 0) is 6.42 Å². The van der Waals surface area contributed by atoms with Gasteiger partial charge in [-0.3, -0.25) is 0 Å². The molecule has 0 aliphatic heterocycles. The number of thiophene rings is 1. The van der Waals surface area contributed by atoms with Gasteiger partial charge in [-0.15, -0.1) is 11.3 Å². The van der Waals surface area contributed by atoms with Crippen molar-refractivity contribution < 1.29 is 0 Å². The second-order valence-corrected chi connectivity index (χ2v) is 7.03. The minimum absolute atomic E-state index is 0.0685. The maximum absolute atomic E-state index is 4.76. The number of fused-ring (bicyclic) bond motifs is 1. The highest BCUT2D eigenvalue weighted by Gasteiger charge is 2.25. The fourth-order valence-electron chi connectivity index (χ4n) is 2.15. The second kappa shape index (κ2) is 6.18. The first kappa shape index (κ1) is 16.0. The summed E-state index contributed by atoms with van der Waals surface area (Å²) in [7, 11) is 2.13. The van der Waals surface area contributed by atoms with E-state index < -0.39 is 0 Å². The molecule has 5 heteroatoms. The average molecular weight is 306 g/mol. The van der Waals surface area contributed by atoms with Crippen LogP contribution in [0.25, 0.3) is 10.2 Å². The van der Waals surface area contributed by atoms with Crippen molar-refractivity contribution in [3.05, 3.63) is 10.9 Å². The monoisotopic (exact) mass is 306 g/mol. The fourth-order valence-corrected chi connectivity index (χ4v) is 3.11. The third-order valence-electron chi connectivity index (χ3n) is 4.20. The predicted molar refractivity (Wildman–Crippen MR) is 93.7 cm³/mol. The number of rotatable bonds is 6. The van der Waals surface area contributed by atoms with Crippen LogP contribution < -0.4 is 10.2 Å². The van der Waals surface area contributed by atoms with Gasteiger partial charge in [-0.2, -0.15) is 4.98 Å². The lowest BCUT2D eigenvalue weighted by molar-refractivity contribution is 0.468. The molecule has 21 heavy (non-hydrogen) atoms. The van der Waals surface area contributed by atoms with Gasteiger partial charge in [0.25, 0.3) is 0 Å². The Balaban J connectivity index is 2.60. The van der Waals surface area contributed by atoms with Crippen molar-refractivity contribution >= 4 is 33.3 Å². The molecule has 0 atom stereocenters. The SMILES string of the molecule is CCNc1nc(N(C)C(C)(C)CC)c2cc(CC)sc2n1. The molecule has 116 valence electrons. The van der Waals surface area contributed by atoms with Gasteiger partial charge in [0.2, 0.25) is 5.95 Å². The van der Waals surface area contributed by atoms with E-state index in [1.807, 2.05) is 0 Å². The number of hydrogen-bond donors (Lipinski definition) is 1. The summed E-state index contributed by atoms with van der Waals surface area (Å²) in [6.07, 6.45) is 2.11. The standard InChI is InChI=1S/C16H26N4S/c1-7-11-10-12-13(20(6)16(4,5)8-2)18-15(17-9-3)19-14(12)21-11/h10H,7-9H2,1-6H3,(H,17,18,19). The van der Waals surface area contributed by atoms with E-state index in [9.17, 15) is 0 Å². The lowest BCUT2D eigenvalue weighted by atomic mass is 10.00. The van der Waals surface area contributed by atoms with Crippen molar-refractivity contribution in [2.24, 2.45) is 0 Å². The Morgan fingerprint density at radius 1 is 1.24 bits per heavy atom. The largest absolute Gasteiger partial charge is 0.354 e. The number of nitrogens with zero attached hydrogens (tertiary/aromatic N) is 3. The van der Waals surface area contributed by atoms with Crippen LogP contribution in [0, 0.1) is 0 Å². The molecule has 2 heterocycles. The molecule has 0 unspecified atom stereocenters. The molecule has 4 nitrogen and oxygen atoms in total. The third-order valence-corrected chi connectivity index (χ3v) is 5.37. The quantitative estimate of drug-likeness (QED) is 0.863. The van der Waals surface area contributed by atoms with Crippen molar-refractivity contribution in [1.29, 1.82) is 0 Å². The first-order valence-corrected chi connectivity index (χ1v) is 8.52. The molecule has 0 saturated carbocycles. The molecule has 0 fully saturated rings. The van der Waals surface area contributed by atoms with Crippen LogP contribution in [0.1, 0.15) is 45.9 Å². The van der Waals surface area contributed by atoms with Crippen LogP contribution in [-0.4, -0.2) is 29.1 Å². The van der Waals surface area contributed by atoms with Crippen molar-refractivity contribution in [1.82, 2.24) is 9.97 Å². The van der Waals surface area contributed by atoms with Crippen LogP contribution in [0.2, 0.25) is 0 Å². The second-order valence-electron chi connectivity index (χ2n) is 5.91. The molecule has 0 saturated heterocycles. The van der Waals surface area contributed by atoms with Crippen molar-refractivity contribution in [3.63, 3.8) is 0 Å². The topological polar surface area (TPSA) is 41.1 Å². The number of hydrogen-bond acceptors (Lipinski definition) is 5. The predicted octanol–water partition coefficient (Wildman–Crippen LogP) is 4.31. The number of anilines is 2. The molecule has 2 rings (SSSR count). The minimum atomic E-state index is 0.0685. The number of aryl methyl sites for hydroxylation is 1. The van der Waals surface area contributed by atoms with Gasteiger partial charge in [-0.1, -0.05) is 13.8 Å². The zero-order valence-corrected chi connectivity index (χ0v) is 14.8. The Kier molecular flexibility index (Phi) is 4.71. The molecule has 0 aliphatic rings. The van der Waals surface area contributed by atoms with Gasteiger partial charge in [-0.25, -0.2) is 4.98 Å². The van der Waals surface area contributed by atoms with Gasteiger partial charge in [0.05, 0.1) is 5.39 Å². The molecular weight excluding hydrogens is 280 g/mol. The summed E-state index contributed by atoms with van der Waals surface area (Å²) in [5, 5.41) is 4.42. The average Bonchev–Trinajstić information content (AvgIpc) is 2.89. The summed E-state index contributed by atoms with van der Waals surface area (Å²) in [6, 6.07) is 2.24. The normalized spacial score (nSPS) is 11.9. The van der Waals surface area contributed by atoms with Gasteiger partial charge < -0.3 is 10.2 Å². The molecule has 0 bridgehead atoms. The van der Waals surface area contributed by atoms with Crippen LogP contribution in [0.15, 0.2) is 6.07 Å². The summed E-state index contributed by atoms with van der Waals surface area (Å²) in [6.45, 7) is 11.8. The van der Waals surface area contributed by atoms with E-state index in [2.05, 4.69) is 62.9 Å². The first-order chi connectivity index (χ1) is 9.92. The Bertz CT molecular complexity index is 618. The molecule has 0 aromatic carbocycles. The van der Waals surface area contributed by atoms with Crippen LogP contribution >= 0.6 is 11.3 Å². The van der Waals surface area contributed by atoms with Gasteiger partial charge in [-0.05, 0) is 39.7 Å². The molecule has 0 spiro atoms. The molecule has 0 aliphatic carbocycles. The molecule has 2 aromatic rings. The lowest BCUT2D eigenvalue weighted by Gasteiger charge is -2.36. The van der Waals surface area contributed by atoms with Gasteiger partial charge in [0.1, 0.15) is 10.6 Å². The summed E-state index contributed by atoms with van der Waals surface area (Å²) in [4.78, 5) is 14.1. The first-order valence-electron chi connectivity index (χ1n) is 7.71. The van der Waals surface area contributed by atoms with Crippen LogP contribution in [0.3, 0.4) is 0 Å². The van der Waals surface area contributed by atoms with E-state index in [0.717, 1.165) is 36.0 Å². The van der Waals surface area contributed by atoms with Gasteiger partial charge in [0.15, 0.2) is 0 Å². The highest BCUT2D eigenvalue weighted by Crippen LogP contribution is 2.35. The molecular formula is C16H26N4S. The van der Waals surface area contributed by atoms with Crippen molar-refractivity contribution in [2.45, 2.75) is 53.0 Å². The molecule has 0 amide bonds. The maximum Gasteiger partial charge on any atom is 0.226 e. The Morgan fingerprint density at radius 3 is 2.52 bits per heavy atom. The van der Waals surface area contributed by atoms with E-state index in [-0.39, 0.29) is 5.54 Å². The molecule has 2 aromatic heterocycles. The Morgan fingerprint density at radius 2 is 1.95 bits per heavy atom. The summed E-state index contributed by atoms with van der Waals surface area (Å²) in [5.41, 5.74) is 0.0685. The summed E-state index contributed by atoms with van der Waals surface area (Å²) < 4.78 is 0. The van der Waals surface area contributed by atoms with E-state index in [0.29, 0.717) is 0 Å². The minimum Gasteiger partial charge on any atom is -0.354 e. The van der Waals surface area contributed by atoms with E-state index in [1.165, 1.54) is 10.3 Å². The third kappa shape index (κ3) is 3.12. The van der Waals surface area contributed by atoms with E-state index in [4.69, 9.17) is 4.98 Å². The van der Waals surface area contributed by atoms with Crippen LogP contribution in [0.5, 0.6) is 0 Å². The van der Waals surface area contributed by atoms with Gasteiger partial charge in [0, 0.05) is 24.0 Å². The maximum atomic E-state index is 4.76. The Hall–Kier alpha value is -1.36. The zero-order chi connectivity index (χ0) is 15.6. The van der Waals surface area contributed by atoms with E-state index in [1.54, 1.807) is 11.3 Å². The fraction of sp³-hybridized carbons (Fsp3) is 0.625.